The smallest absolute Gasteiger partial charge is 0.407 e. The van der Waals surface area contributed by atoms with E-state index in [1.165, 1.54) is 0 Å². The minimum atomic E-state index is -0.620. The molecule has 0 aromatic heterocycles. The Morgan fingerprint density at radius 2 is 1.94 bits per heavy atom. The molecule has 16 heavy (non-hydrogen) atoms. The molecule has 0 radical (unpaired) electrons. The van der Waals surface area contributed by atoms with Crippen molar-refractivity contribution < 1.29 is 14.3 Å². The number of hydrogen-bond acceptors (Lipinski definition) is 4. The number of Topliss-reactive ketones (excluding diaryl/α,β-unsaturated/α-hetero) is 1. The second kappa shape index (κ2) is 6.58. The van der Waals surface area contributed by atoms with E-state index in [4.69, 9.17) is 10.5 Å². The molecule has 0 aliphatic carbocycles. The Labute approximate surface area is 93.6 Å². The summed E-state index contributed by atoms with van der Waals surface area (Å²) in [6.07, 6.45) is -0.620. The third-order valence-electron chi connectivity index (χ3n) is 1.87. The Hall–Kier alpha value is -1.88. The van der Waals surface area contributed by atoms with E-state index in [1.807, 2.05) is 30.3 Å². The number of ether oxygens (including phenoxy) is 1. The van der Waals surface area contributed by atoms with Crippen molar-refractivity contribution in [1.29, 1.82) is 0 Å². The van der Waals surface area contributed by atoms with Gasteiger partial charge in [-0.2, -0.15) is 0 Å². The summed E-state index contributed by atoms with van der Waals surface area (Å²) in [5, 5.41) is 2.31. The first kappa shape index (κ1) is 12.2. The Balaban J connectivity index is 2.23. The highest BCUT2D eigenvalue weighted by molar-refractivity contribution is 5.85. The number of carbonyl (C=O) groups is 2. The molecule has 0 saturated heterocycles. The van der Waals surface area contributed by atoms with Gasteiger partial charge in [-0.25, -0.2) is 4.79 Å². The molecule has 1 rings (SSSR count). The first-order valence-electron chi connectivity index (χ1n) is 4.88. The van der Waals surface area contributed by atoms with Gasteiger partial charge in [-0.3, -0.25) is 4.79 Å². The van der Waals surface area contributed by atoms with E-state index in [-0.39, 0.29) is 25.5 Å². The number of nitrogens with two attached hydrogens (primary N) is 1. The average molecular weight is 222 g/mol. The van der Waals surface area contributed by atoms with Crippen molar-refractivity contribution in [2.24, 2.45) is 5.73 Å². The summed E-state index contributed by atoms with van der Waals surface area (Å²) in [5.74, 6) is -0.239. The van der Waals surface area contributed by atoms with Crippen LogP contribution in [0.25, 0.3) is 0 Å². The quantitative estimate of drug-likeness (QED) is 0.757. The predicted molar refractivity (Wildman–Crippen MR) is 58.7 cm³/mol. The van der Waals surface area contributed by atoms with Crippen LogP contribution in [0.15, 0.2) is 30.3 Å². The van der Waals surface area contributed by atoms with Gasteiger partial charge in [0.25, 0.3) is 0 Å². The fourth-order valence-corrected chi connectivity index (χ4v) is 1.02. The van der Waals surface area contributed by atoms with Gasteiger partial charge < -0.3 is 15.8 Å². The van der Waals surface area contributed by atoms with Crippen molar-refractivity contribution in [1.82, 2.24) is 5.32 Å². The van der Waals surface area contributed by atoms with Gasteiger partial charge in [0, 0.05) is 0 Å². The zero-order chi connectivity index (χ0) is 11.8. The molecule has 86 valence electrons. The molecule has 5 nitrogen and oxygen atoms in total. The average Bonchev–Trinajstić information content (AvgIpc) is 2.34. The maximum Gasteiger partial charge on any atom is 0.407 e. The molecule has 3 N–H and O–H groups in total. The topological polar surface area (TPSA) is 81.4 Å². The van der Waals surface area contributed by atoms with Crippen molar-refractivity contribution in [3.8, 4) is 0 Å². The maximum atomic E-state index is 11.1. The predicted octanol–water partition coefficient (Wildman–Crippen LogP) is 0.441. The van der Waals surface area contributed by atoms with Crippen LogP contribution in [0.3, 0.4) is 0 Å². The highest BCUT2D eigenvalue weighted by atomic mass is 16.5. The molecule has 0 aliphatic heterocycles. The summed E-state index contributed by atoms with van der Waals surface area (Å²) in [7, 11) is 0. The molecule has 1 amide bonds. The van der Waals surface area contributed by atoms with Gasteiger partial charge >= 0.3 is 6.09 Å². The number of alkyl carbamates (subject to hydrolysis) is 1. The molecule has 0 atom stereocenters. The fraction of sp³-hybridized carbons (Fsp3) is 0.273. The van der Waals surface area contributed by atoms with Crippen molar-refractivity contribution >= 4 is 11.9 Å². The molecule has 0 aliphatic rings. The van der Waals surface area contributed by atoms with Crippen LogP contribution in [0.5, 0.6) is 0 Å². The molecule has 1 aromatic rings. The number of rotatable bonds is 5. The molecule has 0 saturated carbocycles. The third-order valence-corrected chi connectivity index (χ3v) is 1.87. The highest BCUT2D eigenvalue weighted by Gasteiger charge is 2.04. The van der Waals surface area contributed by atoms with Gasteiger partial charge in [0.2, 0.25) is 0 Å². The van der Waals surface area contributed by atoms with E-state index in [0.29, 0.717) is 0 Å². The number of ketones is 1. The summed E-state index contributed by atoms with van der Waals surface area (Å²) in [6, 6.07) is 9.28. The lowest BCUT2D eigenvalue weighted by Crippen LogP contribution is -2.33. The molecule has 0 heterocycles. The lowest BCUT2D eigenvalue weighted by Gasteiger charge is -2.05. The summed E-state index contributed by atoms with van der Waals surface area (Å²) >= 11 is 0. The van der Waals surface area contributed by atoms with Crippen molar-refractivity contribution in [3.05, 3.63) is 35.9 Å². The van der Waals surface area contributed by atoms with Gasteiger partial charge in [0.05, 0.1) is 13.1 Å². The number of benzene rings is 1. The highest BCUT2D eigenvalue weighted by Crippen LogP contribution is 2.00. The Morgan fingerprint density at radius 1 is 1.25 bits per heavy atom. The number of nitrogens with one attached hydrogen (secondary N) is 1. The van der Waals surface area contributed by atoms with E-state index in [2.05, 4.69) is 5.32 Å². The van der Waals surface area contributed by atoms with Crippen LogP contribution < -0.4 is 11.1 Å². The van der Waals surface area contributed by atoms with E-state index in [0.717, 1.165) is 5.56 Å². The molecule has 0 bridgehead atoms. The zero-order valence-corrected chi connectivity index (χ0v) is 8.81. The second-order valence-electron chi connectivity index (χ2n) is 3.16. The van der Waals surface area contributed by atoms with Gasteiger partial charge in [0.15, 0.2) is 5.78 Å². The van der Waals surface area contributed by atoms with Crippen LogP contribution in [-0.2, 0) is 16.1 Å². The number of hydrogen-bond donors (Lipinski definition) is 2. The second-order valence-corrected chi connectivity index (χ2v) is 3.16. The summed E-state index contributed by atoms with van der Waals surface area (Å²) in [5.41, 5.74) is 5.97. The van der Waals surface area contributed by atoms with Crippen LogP contribution in [0.1, 0.15) is 5.56 Å². The summed E-state index contributed by atoms with van der Waals surface area (Å²) in [6.45, 7) is 0.00652. The number of amides is 1. The van der Waals surface area contributed by atoms with Gasteiger partial charge in [0.1, 0.15) is 6.61 Å². The molecule has 1 aromatic carbocycles. The number of carbonyl (C=O) groups excluding carboxylic acids is 2. The van der Waals surface area contributed by atoms with Crippen molar-refractivity contribution in [2.75, 3.05) is 13.1 Å². The fourth-order valence-electron chi connectivity index (χ4n) is 1.02. The van der Waals surface area contributed by atoms with Crippen LogP contribution in [0.2, 0.25) is 0 Å². The lowest BCUT2D eigenvalue weighted by molar-refractivity contribution is -0.116. The third kappa shape index (κ3) is 4.56. The largest absolute Gasteiger partial charge is 0.445 e. The normalized spacial score (nSPS) is 9.56. The van der Waals surface area contributed by atoms with Gasteiger partial charge in [-0.1, -0.05) is 30.3 Å². The SMILES string of the molecule is NCC(=O)CNC(=O)OCc1ccccc1. The minimum absolute atomic E-state index is 0.0844. The molecule has 0 spiro atoms. The molecular formula is C11H14N2O3. The molecule has 0 fully saturated rings. The van der Waals surface area contributed by atoms with Crippen LogP contribution in [-0.4, -0.2) is 25.0 Å². The summed E-state index contributed by atoms with van der Waals surface area (Å²) < 4.78 is 4.88. The minimum Gasteiger partial charge on any atom is -0.445 e. The Kier molecular flexibility index (Phi) is 5.01. The molecule has 5 heteroatoms. The van der Waals surface area contributed by atoms with Crippen LogP contribution in [0.4, 0.5) is 4.79 Å². The maximum absolute atomic E-state index is 11.1. The van der Waals surface area contributed by atoms with Crippen molar-refractivity contribution in [3.63, 3.8) is 0 Å². The molecular weight excluding hydrogens is 208 g/mol. The van der Waals surface area contributed by atoms with Crippen LogP contribution >= 0.6 is 0 Å². The first-order valence-corrected chi connectivity index (χ1v) is 4.88. The van der Waals surface area contributed by atoms with E-state index in [1.54, 1.807) is 0 Å². The van der Waals surface area contributed by atoms with Crippen molar-refractivity contribution in [2.45, 2.75) is 6.61 Å². The van der Waals surface area contributed by atoms with Gasteiger partial charge in [-0.05, 0) is 5.56 Å². The summed E-state index contributed by atoms with van der Waals surface area (Å²) in [4.78, 5) is 21.9. The standard InChI is InChI=1S/C11H14N2O3/c12-6-10(14)7-13-11(15)16-8-9-4-2-1-3-5-9/h1-5H,6-8,12H2,(H,13,15). The van der Waals surface area contributed by atoms with E-state index in [9.17, 15) is 9.59 Å². The first-order chi connectivity index (χ1) is 7.72. The molecule has 0 unspecified atom stereocenters. The van der Waals surface area contributed by atoms with E-state index >= 15 is 0 Å². The van der Waals surface area contributed by atoms with Crippen LogP contribution in [0, 0.1) is 0 Å². The Morgan fingerprint density at radius 3 is 2.56 bits per heavy atom. The lowest BCUT2D eigenvalue weighted by atomic mass is 10.2. The Bertz CT molecular complexity index is 352. The zero-order valence-electron chi connectivity index (χ0n) is 8.81. The van der Waals surface area contributed by atoms with Gasteiger partial charge in [-0.15, -0.1) is 0 Å². The monoisotopic (exact) mass is 222 g/mol. The van der Waals surface area contributed by atoms with E-state index < -0.39 is 6.09 Å².